The average molecular weight is 548 g/mol. The highest BCUT2D eigenvalue weighted by Gasteiger charge is 2.16. The summed E-state index contributed by atoms with van der Waals surface area (Å²) in [5.41, 5.74) is 1.25. The zero-order chi connectivity index (χ0) is 21.8. The van der Waals surface area contributed by atoms with Crippen LogP contribution < -0.4 is 20.1 Å². The standard InChI is InChI=1S/C23H41N5O2.HI/c1-6-30-22-16-20(9-10-21(22)29-5)8-7-11-25-23(24-3)26-17-19(2)18-28-14-12-27(4)13-15-28;/h9-10,16,19H,6-8,11-15,17-18H2,1-5H3,(H2,24,25,26);1H. The van der Waals surface area contributed by atoms with Gasteiger partial charge in [0.05, 0.1) is 13.7 Å². The van der Waals surface area contributed by atoms with Crippen molar-refractivity contribution in [2.24, 2.45) is 10.9 Å². The summed E-state index contributed by atoms with van der Waals surface area (Å²) in [7, 11) is 5.70. The van der Waals surface area contributed by atoms with E-state index in [0.29, 0.717) is 12.5 Å². The van der Waals surface area contributed by atoms with E-state index >= 15 is 0 Å². The molecule has 1 atom stereocenters. The zero-order valence-electron chi connectivity index (χ0n) is 19.9. The summed E-state index contributed by atoms with van der Waals surface area (Å²) in [4.78, 5) is 9.32. The number of hydrogen-bond donors (Lipinski definition) is 2. The van der Waals surface area contributed by atoms with Crippen LogP contribution in [0.15, 0.2) is 23.2 Å². The number of nitrogens with one attached hydrogen (secondary N) is 2. The Morgan fingerprint density at radius 3 is 2.55 bits per heavy atom. The van der Waals surface area contributed by atoms with Gasteiger partial charge in [-0.25, -0.2) is 0 Å². The van der Waals surface area contributed by atoms with Crippen LogP contribution in [-0.4, -0.2) is 89.4 Å². The molecule has 0 spiro atoms. The molecule has 178 valence electrons. The van der Waals surface area contributed by atoms with Gasteiger partial charge in [0, 0.05) is 52.9 Å². The molecule has 0 amide bonds. The van der Waals surface area contributed by atoms with E-state index in [0.717, 1.165) is 49.9 Å². The highest BCUT2D eigenvalue weighted by molar-refractivity contribution is 14.0. The summed E-state index contributed by atoms with van der Waals surface area (Å²) in [5.74, 6) is 3.07. The highest BCUT2D eigenvalue weighted by Crippen LogP contribution is 2.28. The van der Waals surface area contributed by atoms with Crippen LogP contribution in [0.4, 0.5) is 0 Å². The SMILES string of the molecule is CCOc1cc(CCCNC(=NC)NCC(C)CN2CCN(C)CC2)ccc1OC.I. The topological polar surface area (TPSA) is 61.4 Å². The van der Waals surface area contributed by atoms with Crippen molar-refractivity contribution in [3.8, 4) is 11.5 Å². The Hall–Kier alpha value is -1.26. The number of hydrogen-bond acceptors (Lipinski definition) is 5. The number of benzene rings is 1. The van der Waals surface area contributed by atoms with E-state index in [4.69, 9.17) is 9.47 Å². The fourth-order valence-corrected chi connectivity index (χ4v) is 3.67. The number of aryl methyl sites for hydroxylation is 1. The number of guanidine groups is 1. The molecular weight excluding hydrogens is 505 g/mol. The summed E-state index contributed by atoms with van der Waals surface area (Å²) < 4.78 is 11.0. The van der Waals surface area contributed by atoms with Crippen LogP contribution in [0.25, 0.3) is 0 Å². The molecular formula is C23H42IN5O2. The van der Waals surface area contributed by atoms with Crippen LogP contribution in [0.5, 0.6) is 11.5 Å². The minimum Gasteiger partial charge on any atom is -0.493 e. The third kappa shape index (κ3) is 10.3. The lowest BCUT2D eigenvalue weighted by atomic mass is 10.1. The number of halogens is 1. The fourth-order valence-electron chi connectivity index (χ4n) is 3.67. The van der Waals surface area contributed by atoms with Gasteiger partial charge in [0.25, 0.3) is 0 Å². The van der Waals surface area contributed by atoms with Crippen LogP contribution in [-0.2, 0) is 6.42 Å². The third-order valence-corrected chi connectivity index (χ3v) is 5.47. The Kier molecular flexibility index (Phi) is 13.9. The van der Waals surface area contributed by atoms with Crippen molar-refractivity contribution in [2.75, 3.05) is 73.6 Å². The van der Waals surface area contributed by atoms with Crippen molar-refractivity contribution in [3.05, 3.63) is 23.8 Å². The van der Waals surface area contributed by atoms with E-state index in [9.17, 15) is 0 Å². The van der Waals surface area contributed by atoms with Gasteiger partial charge < -0.3 is 29.9 Å². The van der Waals surface area contributed by atoms with Crippen LogP contribution in [0.1, 0.15) is 25.8 Å². The van der Waals surface area contributed by atoms with E-state index < -0.39 is 0 Å². The van der Waals surface area contributed by atoms with Crippen LogP contribution in [0, 0.1) is 5.92 Å². The first-order valence-electron chi connectivity index (χ1n) is 11.2. The Morgan fingerprint density at radius 2 is 1.90 bits per heavy atom. The molecule has 1 aromatic carbocycles. The quantitative estimate of drug-likeness (QED) is 0.192. The molecule has 0 aromatic heterocycles. The van der Waals surface area contributed by atoms with Gasteiger partial charge in [0.2, 0.25) is 0 Å². The van der Waals surface area contributed by atoms with Gasteiger partial charge in [-0.15, -0.1) is 24.0 Å². The number of methoxy groups -OCH3 is 1. The second kappa shape index (κ2) is 15.5. The van der Waals surface area contributed by atoms with Crippen molar-refractivity contribution in [1.29, 1.82) is 0 Å². The molecule has 1 aliphatic heterocycles. The van der Waals surface area contributed by atoms with E-state index in [1.807, 2.05) is 20.0 Å². The molecule has 7 nitrogen and oxygen atoms in total. The molecule has 1 aromatic rings. The van der Waals surface area contributed by atoms with Crippen molar-refractivity contribution in [3.63, 3.8) is 0 Å². The summed E-state index contributed by atoms with van der Waals surface area (Å²) >= 11 is 0. The van der Waals surface area contributed by atoms with Gasteiger partial charge in [-0.2, -0.15) is 0 Å². The van der Waals surface area contributed by atoms with Gasteiger partial charge >= 0.3 is 0 Å². The molecule has 1 fully saturated rings. The monoisotopic (exact) mass is 547 g/mol. The summed E-state index contributed by atoms with van der Waals surface area (Å²) in [6.45, 7) is 12.6. The average Bonchev–Trinajstić information content (AvgIpc) is 2.75. The van der Waals surface area contributed by atoms with E-state index in [1.165, 1.54) is 31.7 Å². The molecule has 0 saturated carbocycles. The molecule has 0 aliphatic carbocycles. The maximum atomic E-state index is 5.67. The molecule has 1 heterocycles. The maximum absolute atomic E-state index is 5.67. The molecule has 1 unspecified atom stereocenters. The molecule has 0 radical (unpaired) electrons. The smallest absolute Gasteiger partial charge is 0.190 e. The van der Waals surface area contributed by atoms with Crippen molar-refractivity contribution >= 4 is 29.9 Å². The number of rotatable bonds is 11. The number of likely N-dealkylation sites (N-methyl/N-ethyl adjacent to an activating group) is 1. The first kappa shape index (κ1) is 27.8. The Labute approximate surface area is 206 Å². The van der Waals surface area contributed by atoms with Gasteiger partial charge in [0.15, 0.2) is 17.5 Å². The zero-order valence-corrected chi connectivity index (χ0v) is 22.3. The third-order valence-electron chi connectivity index (χ3n) is 5.47. The van der Waals surface area contributed by atoms with Gasteiger partial charge in [-0.1, -0.05) is 13.0 Å². The molecule has 31 heavy (non-hydrogen) atoms. The van der Waals surface area contributed by atoms with Crippen molar-refractivity contribution < 1.29 is 9.47 Å². The number of piperazine rings is 1. The first-order chi connectivity index (χ1) is 14.5. The lowest BCUT2D eigenvalue weighted by molar-refractivity contribution is 0.139. The minimum absolute atomic E-state index is 0. The van der Waals surface area contributed by atoms with Gasteiger partial charge in [-0.05, 0) is 50.4 Å². The predicted octanol–water partition coefficient (Wildman–Crippen LogP) is 2.69. The molecule has 1 aliphatic rings. The Bertz CT molecular complexity index is 651. The van der Waals surface area contributed by atoms with Crippen molar-refractivity contribution in [1.82, 2.24) is 20.4 Å². The number of ether oxygens (including phenoxy) is 2. The molecule has 2 N–H and O–H groups in total. The number of aliphatic imine (C=N–C) groups is 1. The summed E-state index contributed by atoms with van der Waals surface area (Å²) in [6, 6.07) is 6.17. The summed E-state index contributed by atoms with van der Waals surface area (Å²) in [5, 5.41) is 6.90. The highest BCUT2D eigenvalue weighted by atomic mass is 127. The number of nitrogens with zero attached hydrogens (tertiary/aromatic N) is 3. The van der Waals surface area contributed by atoms with Crippen molar-refractivity contribution in [2.45, 2.75) is 26.7 Å². The van der Waals surface area contributed by atoms with Crippen LogP contribution >= 0.6 is 24.0 Å². The van der Waals surface area contributed by atoms with Gasteiger partial charge in [0.1, 0.15) is 0 Å². The summed E-state index contributed by atoms with van der Waals surface area (Å²) in [6.07, 6.45) is 2.00. The van der Waals surface area contributed by atoms with Crippen LogP contribution in [0.2, 0.25) is 0 Å². The first-order valence-corrected chi connectivity index (χ1v) is 11.2. The van der Waals surface area contributed by atoms with Crippen LogP contribution in [0.3, 0.4) is 0 Å². The molecule has 0 bridgehead atoms. The predicted molar refractivity (Wildman–Crippen MR) is 140 cm³/mol. The molecule has 1 saturated heterocycles. The second-order valence-electron chi connectivity index (χ2n) is 8.11. The van der Waals surface area contributed by atoms with E-state index in [1.54, 1.807) is 7.11 Å². The Morgan fingerprint density at radius 1 is 1.16 bits per heavy atom. The van der Waals surface area contributed by atoms with E-state index in [-0.39, 0.29) is 24.0 Å². The molecule has 2 rings (SSSR count). The minimum atomic E-state index is 0. The van der Waals surface area contributed by atoms with E-state index in [2.05, 4.69) is 51.5 Å². The molecule has 8 heteroatoms. The van der Waals surface area contributed by atoms with Gasteiger partial charge in [-0.3, -0.25) is 4.99 Å². The largest absolute Gasteiger partial charge is 0.493 e. The normalized spacial score (nSPS) is 16.4. The lowest BCUT2D eigenvalue weighted by Crippen LogP contribution is -2.47. The Balaban J connectivity index is 0.00000480. The lowest BCUT2D eigenvalue weighted by Gasteiger charge is -2.34. The fraction of sp³-hybridized carbons (Fsp3) is 0.696. The maximum Gasteiger partial charge on any atom is 0.190 e. The second-order valence-corrected chi connectivity index (χ2v) is 8.11.